The van der Waals surface area contributed by atoms with Crippen LogP contribution < -0.4 is 5.56 Å². The number of hydrogen-bond acceptors (Lipinski definition) is 3. The van der Waals surface area contributed by atoms with Gasteiger partial charge in [0.05, 0.1) is 10.9 Å². The van der Waals surface area contributed by atoms with E-state index >= 15 is 0 Å². The molecule has 3 aromatic rings. The highest BCUT2D eigenvalue weighted by molar-refractivity contribution is 5.80. The third-order valence-corrected chi connectivity index (χ3v) is 5.02. The molecule has 4 rings (SSSR count). The number of fused-ring (bicyclic) bond motifs is 2. The van der Waals surface area contributed by atoms with E-state index in [1.54, 1.807) is 6.20 Å². The number of aromatic nitrogens is 3. The number of pyridine rings is 1. The fraction of sp³-hybridized carbons (Fsp3) is 0.318. The zero-order chi connectivity index (χ0) is 18.3. The van der Waals surface area contributed by atoms with E-state index in [2.05, 4.69) is 30.7 Å². The van der Waals surface area contributed by atoms with E-state index in [0.717, 1.165) is 47.5 Å². The molecule has 1 aromatic carbocycles. The molecule has 0 fully saturated rings. The molecule has 0 N–H and O–H groups in total. The Balaban J connectivity index is 1.84. The van der Waals surface area contributed by atoms with Gasteiger partial charge in [-0.1, -0.05) is 25.8 Å². The molecular weight excluding hydrogens is 322 g/mol. The first kappa shape index (κ1) is 16.5. The highest BCUT2D eigenvalue weighted by Crippen LogP contribution is 2.30. The molecule has 0 aliphatic carbocycles. The normalized spacial score (nSPS) is 15.2. The molecular formula is C22H21N3O. The Morgan fingerprint density at radius 1 is 1.19 bits per heavy atom. The van der Waals surface area contributed by atoms with E-state index in [4.69, 9.17) is 4.98 Å². The van der Waals surface area contributed by atoms with Crippen LogP contribution in [0.15, 0.2) is 41.3 Å². The van der Waals surface area contributed by atoms with Gasteiger partial charge in [0.15, 0.2) is 0 Å². The third-order valence-electron chi connectivity index (χ3n) is 5.02. The molecule has 0 spiro atoms. The van der Waals surface area contributed by atoms with Crippen LogP contribution in [0.25, 0.3) is 10.9 Å². The Labute approximate surface area is 152 Å². The van der Waals surface area contributed by atoms with Gasteiger partial charge in [-0.05, 0) is 54.5 Å². The van der Waals surface area contributed by atoms with E-state index in [9.17, 15) is 4.79 Å². The van der Waals surface area contributed by atoms with Crippen molar-refractivity contribution in [1.29, 1.82) is 0 Å². The minimum absolute atomic E-state index is 0.0628. The molecule has 0 unspecified atom stereocenters. The summed E-state index contributed by atoms with van der Waals surface area (Å²) in [7, 11) is 0. The number of benzene rings is 1. The van der Waals surface area contributed by atoms with Crippen LogP contribution >= 0.6 is 0 Å². The van der Waals surface area contributed by atoms with Crippen molar-refractivity contribution in [2.75, 3.05) is 0 Å². The molecule has 0 saturated carbocycles. The lowest BCUT2D eigenvalue weighted by Gasteiger charge is -2.31. The minimum atomic E-state index is 0.0628. The zero-order valence-corrected chi connectivity index (χ0v) is 15.3. The summed E-state index contributed by atoms with van der Waals surface area (Å²) in [6, 6.07) is 9.52. The smallest absolute Gasteiger partial charge is 0.261 e. The van der Waals surface area contributed by atoms with Crippen LogP contribution in [0.1, 0.15) is 42.9 Å². The van der Waals surface area contributed by atoms with Gasteiger partial charge in [-0.15, -0.1) is 0 Å². The molecule has 1 aliphatic rings. The van der Waals surface area contributed by atoms with E-state index in [1.807, 2.05) is 41.8 Å². The van der Waals surface area contributed by atoms with Crippen molar-refractivity contribution in [3.05, 3.63) is 69.5 Å². The van der Waals surface area contributed by atoms with Gasteiger partial charge >= 0.3 is 0 Å². The lowest BCUT2D eigenvalue weighted by Crippen LogP contribution is -2.35. The van der Waals surface area contributed by atoms with Gasteiger partial charge in [-0.3, -0.25) is 9.36 Å². The van der Waals surface area contributed by atoms with Crippen molar-refractivity contribution in [3.8, 4) is 11.8 Å². The predicted molar refractivity (Wildman–Crippen MR) is 103 cm³/mol. The highest BCUT2D eigenvalue weighted by atomic mass is 16.1. The van der Waals surface area contributed by atoms with Gasteiger partial charge in [0.1, 0.15) is 11.5 Å². The second-order valence-electron chi connectivity index (χ2n) is 7.73. The molecule has 4 heteroatoms. The standard InChI is InChI=1S/C22H21N3O/c1-15-12-18-19(13-16(15)7-8-17-6-4-5-10-23-17)24-20-14-22(2,3)9-11-25(20)21(18)26/h4-6,10,12-13H,9,11,14H2,1-3H3. The lowest BCUT2D eigenvalue weighted by molar-refractivity contribution is 0.261. The van der Waals surface area contributed by atoms with Crippen molar-refractivity contribution in [3.63, 3.8) is 0 Å². The van der Waals surface area contributed by atoms with Crippen molar-refractivity contribution >= 4 is 10.9 Å². The van der Waals surface area contributed by atoms with E-state index in [-0.39, 0.29) is 11.0 Å². The van der Waals surface area contributed by atoms with Crippen LogP contribution in [0, 0.1) is 24.2 Å². The molecule has 26 heavy (non-hydrogen) atoms. The van der Waals surface area contributed by atoms with Crippen LogP contribution in [0.2, 0.25) is 0 Å². The summed E-state index contributed by atoms with van der Waals surface area (Å²) in [6.45, 7) is 7.18. The predicted octanol–water partition coefficient (Wildman–Crippen LogP) is 3.47. The van der Waals surface area contributed by atoms with Gasteiger partial charge in [0.25, 0.3) is 5.56 Å². The number of hydrogen-bond donors (Lipinski definition) is 0. The first-order chi connectivity index (χ1) is 12.4. The number of nitrogens with zero attached hydrogens (tertiary/aromatic N) is 3. The second kappa shape index (κ2) is 6.10. The Hall–Kier alpha value is -2.93. The fourth-order valence-electron chi connectivity index (χ4n) is 3.42. The van der Waals surface area contributed by atoms with Gasteiger partial charge in [-0.25, -0.2) is 9.97 Å². The van der Waals surface area contributed by atoms with Gasteiger partial charge < -0.3 is 0 Å². The summed E-state index contributed by atoms with van der Waals surface area (Å²) in [5.74, 6) is 7.14. The first-order valence-electron chi connectivity index (χ1n) is 8.90. The van der Waals surface area contributed by atoms with E-state index in [1.165, 1.54) is 0 Å². The van der Waals surface area contributed by atoms with Crippen molar-refractivity contribution < 1.29 is 0 Å². The molecule has 130 valence electrons. The molecule has 3 heterocycles. The fourth-order valence-corrected chi connectivity index (χ4v) is 3.42. The molecule has 1 aliphatic heterocycles. The SMILES string of the molecule is Cc1cc2c(=O)n3c(nc2cc1C#Cc1ccccn1)CC(C)(C)CC3. The lowest BCUT2D eigenvalue weighted by atomic mass is 9.83. The maximum atomic E-state index is 12.9. The topological polar surface area (TPSA) is 47.8 Å². The summed E-state index contributed by atoms with van der Waals surface area (Å²) in [6.07, 6.45) is 3.55. The van der Waals surface area contributed by atoms with Gasteiger partial charge in [0, 0.05) is 24.7 Å². The van der Waals surface area contributed by atoms with Crippen LogP contribution in [0.3, 0.4) is 0 Å². The van der Waals surface area contributed by atoms with Crippen LogP contribution in [-0.2, 0) is 13.0 Å². The van der Waals surface area contributed by atoms with E-state index in [0.29, 0.717) is 5.39 Å². The number of aryl methyl sites for hydroxylation is 1. The molecule has 4 nitrogen and oxygen atoms in total. The number of rotatable bonds is 0. The van der Waals surface area contributed by atoms with E-state index < -0.39 is 0 Å². The van der Waals surface area contributed by atoms with Crippen molar-refractivity contribution in [1.82, 2.24) is 14.5 Å². The molecule has 0 saturated heterocycles. The Kier molecular flexibility index (Phi) is 3.88. The minimum Gasteiger partial charge on any atom is -0.296 e. The maximum Gasteiger partial charge on any atom is 0.261 e. The van der Waals surface area contributed by atoms with Crippen molar-refractivity contribution in [2.24, 2.45) is 5.41 Å². The summed E-state index contributed by atoms with van der Waals surface area (Å²) in [4.78, 5) is 21.9. The summed E-state index contributed by atoms with van der Waals surface area (Å²) in [5, 5.41) is 0.675. The summed E-state index contributed by atoms with van der Waals surface area (Å²) in [5.41, 5.74) is 3.57. The van der Waals surface area contributed by atoms with Crippen LogP contribution in [-0.4, -0.2) is 14.5 Å². The quantitative estimate of drug-likeness (QED) is 0.587. The third kappa shape index (κ3) is 3.01. The second-order valence-corrected chi connectivity index (χ2v) is 7.73. The Bertz CT molecular complexity index is 1120. The molecule has 0 amide bonds. The Morgan fingerprint density at radius 3 is 2.81 bits per heavy atom. The van der Waals surface area contributed by atoms with Gasteiger partial charge in [0.2, 0.25) is 0 Å². The van der Waals surface area contributed by atoms with Crippen molar-refractivity contribution in [2.45, 2.75) is 40.2 Å². The summed E-state index contributed by atoms with van der Waals surface area (Å²) >= 11 is 0. The molecule has 0 bridgehead atoms. The largest absolute Gasteiger partial charge is 0.296 e. The van der Waals surface area contributed by atoms with Gasteiger partial charge in [-0.2, -0.15) is 0 Å². The van der Waals surface area contributed by atoms with Crippen LogP contribution in [0.5, 0.6) is 0 Å². The molecule has 0 radical (unpaired) electrons. The molecule has 0 atom stereocenters. The van der Waals surface area contributed by atoms with Crippen LogP contribution in [0.4, 0.5) is 0 Å². The maximum absolute atomic E-state index is 12.9. The average Bonchev–Trinajstić information content (AvgIpc) is 2.61. The zero-order valence-electron chi connectivity index (χ0n) is 15.3. The first-order valence-corrected chi connectivity index (χ1v) is 8.90. The molecule has 2 aromatic heterocycles. The average molecular weight is 343 g/mol. The Morgan fingerprint density at radius 2 is 2.04 bits per heavy atom. The monoisotopic (exact) mass is 343 g/mol. The summed E-state index contributed by atoms with van der Waals surface area (Å²) < 4.78 is 1.84. The highest BCUT2D eigenvalue weighted by Gasteiger charge is 2.27.